The minimum atomic E-state index is -1.64. The summed E-state index contributed by atoms with van der Waals surface area (Å²) < 4.78 is 5.89. The van der Waals surface area contributed by atoms with E-state index in [2.05, 4.69) is 4.90 Å². The minimum Gasteiger partial charge on any atom is -0.458 e. The fourth-order valence-corrected chi connectivity index (χ4v) is 4.38. The maximum atomic E-state index is 13.1. The number of allylic oxidation sites excluding steroid dienone is 1. The highest BCUT2D eigenvalue weighted by molar-refractivity contribution is 5.85. The summed E-state index contributed by atoms with van der Waals surface area (Å²) in [6, 6.07) is 9.24. The average Bonchev–Trinajstić information content (AvgIpc) is 3.18. The summed E-state index contributed by atoms with van der Waals surface area (Å²) in [5.41, 5.74) is -0.228. The number of fused-ring (bicyclic) bond motifs is 3. The number of esters is 1. The van der Waals surface area contributed by atoms with E-state index in [1.807, 2.05) is 36.4 Å². The Bertz CT molecular complexity index is 634. The number of carbonyl (C=O) groups excluding carboxylic acids is 1. The Labute approximate surface area is 143 Å². The van der Waals surface area contributed by atoms with Gasteiger partial charge in [0, 0.05) is 6.54 Å². The molecule has 4 aliphatic rings. The standard InChI is InChI=1S/C20H25NO3/c22-19(24-18-14-21-12-10-15(18)11-13-21)20(23,17-8-4-5-9-17)16-6-2-1-3-7-16/h1-3,6-8,15,18,23H,4-5,9-14H2/t18-,20+/m0/s1. The number of benzene rings is 1. The molecule has 0 spiro atoms. The minimum absolute atomic E-state index is 0.0859. The number of hydrogen-bond acceptors (Lipinski definition) is 4. The van der Waals surface area contributed by atoms with Crippen LogP contribution in [-0.2, 0) is 15.1 Å². The highest BCUT2D eigenvalue weighted by Gasteiger charge is 2.46. The molecule has 0 saturated carbocycles. The lowest BCUT2D eigenvalue weighted by Gasteiger charge is -2.44. The summed E-state index contributed by atoms with van der Waals surface area (Å²) >= 11 is 0. The Morgan fingerprint density at radius 2 is 1.96 bits per heavy atom. The van der Waals surface area contributed by atoms with Gasteiger partial charge in [-0.1, -0.05) is 36.4 Å². The van der Waals surface area contributed by atoms with Crippen molar-refractivity contribution >= 4 is 5.97 Å². The Hall–Kier alpha value is -1.65. The van der Waals surface area contributed by atoms with Gasteiger partial charge in [-0.25, -0.2) is 4.79 Å². The first-order valence-electron chi connectivity index (χ1n) is 9.09. The molecule has 2 bridgehead atoms. The number of aliphatic hydroxyl groups is 1. The number of hydrogen-bond donors (Lipinski definition) is 1. The van der Waals surface area contributed by atoms with Gasteiger partial charge in [0.25, 0.3) is 0 Å². The van der Waals surface area contributed by atoms with E-state index in [1.165, 1.54) is 0 Å². The summed E-state index contributed by atoms with van der Waals surface area (Å²) in [5, 5.41) is 11.4. The normalized spacial score (nSPS) is 31.4. The van der Waals surface area contributed by atoms with Crippen LogP contribution >= 0.6 is 0 Å². The topological polar surface area (TPSA) is 49.8 Å². The maximum Gasteiger partial charge on any atom is 0.347 e. The zero-order valence-electron chi connectivity index (χ0n) is 14.0. The monoisotopic (exact) mass is 327 g/mol. The van der Waals surface area contributed by atoms with Crippen molar-refractivity contribution in [3.05, 3.63) is 47.5 Å². The van der Waals surface area contributed by atoms with E-state index in [0.29, 0.717) is 11.5 Å². The lowest BCUT2D eigenvalue weighted by Crippen LogP contribution is -2.53. The lowest BCUT2D eigenvalue weighted by molar-refractivity contribution is -0.177. The van der Waals surface area contributed by atoms with Crippen LogP contribution in [-0.4, -0.2) is 41.7 Å². The molecule has 0 unspecified atom stereocenters. The second-order valence-electron chi connectivity index (χ2n) is 7.28. The van der Waals surface area contributed by atoms with Crippen LogP contribution in [0.4, 0.5) is 0 Å². The third-order valence-electron chi connectivity index (χ3n) is 5.85. The highest BCUT2D eigenvalue weighted by atomic mass is 16.6. The molecule has 4 heteroatoms. The molecule has 1 aliphatic carbocycles. The van der Waals surface area contributed by atoms with Gasteiger partial charge in [0.05, 0.1) is 0 Å². The Morgan fingerprint density at radius 3 is 2.54 bits per heavy atom. The van der Waals surface area contributed by atoms with E-state index >= 15 is 0 Å². The molecule has 1 aromatic carbocycles. The van der Waals surface area contributed by atoms with Crippen LogP contribution in [0.25, 0.3) is 0 Å². The quantitative estimate of drug-likeness (QED) is 0.682. The molecule has 1 aromatic rings. The van der Waals surface area contributed by atoms with E-state index < -0.39 is 11.6 Å². The highest BCUT2D eigenvalue weighted by Crippen LogP contribution is 2.39. The molecule has 3 fully saturated rings. The molecule has 0 aromatic heterocycles. The van der Waals surface area contributed by atoms with Crippen LogP contribution in [0.15, 0.2) is 42.0 Å². The zero-order chi connectivity index (χ0) is 16.6. The van der Waals surface area contributed by atoms with Crippen LogP contribution in [0.1, 0.15) is 37.7 Å². The van der Waals surface area contributed by atoms with Crippen molar-refractivity contribution in [2.45, 2.75) is 43.8 Å². The van der Waals surface area contributed by atoms with Crippen molar-refractivity contribution in [2.24, 2.45) is 5.92 Å². The van der Waals surface area contributed by atoms with Crippen molar-refractivity contribution in [1.82, 2.24) is 4.90 Å². The van der Waals surface area contributed by atoms with Crippen LogP contribution in [0.5, 0.6) is 0 Å². The first kappa shape index (κ1) is 15.9. The van der Waals surface area contributed by atoms with Crippen molar-refractivity contribution in [1.29, 1.82) is 0 Å². The van der Waals surface area contributed by atoms with E-state index in [4.69, 9.17) is 4.74 Å². The summed E-state index contributed by atoms with van der Waals surface area (Å²) in [6.45, 7) is 3.01. The average molecular weight is 327 g/mol. The third kappa shape index (κ3) is 2.68. The molecule has 1 N–H and O–H groups in total. The molecule has 24 heavy (non-hydrogen) atoms. The molecular formula is C20H25NO3. The Balaban J connectivity index is 1.60. The van der Waals surface area contributed by atoms with Crippen LogP contribution in [0.3, 0.4) is 0 Å². The number of nitrogens with zero attached hydrogens (tertiary/aromatic N) is 1. The van der Waals surface area contributed by atoms with Gasteiger partial charge >= 0.3 is 5.97 Å². The van der Waals surface area contributed by atoms with Crippen LogP contribution in [0.2, 0.25) is 0 Å². The predicted octanol–water partition coefficient (Wildman–Crippen LogP) is 2.62. The molecule has 5 rings (SSSR count). The van der Waals surface area contributed by atoms with Crippen LogP contribution < -0.4 is 0 Å². The van der Waals surface area contributed by atoms with Crippen molar-refractivity contribution in [3.63, 3.8) is 0 Å². The summed E-state index contributed by atoms with van der Waals surface area (Å²) in [7, 11) is 0. The fraction of sp³-hybridized carbons (Fsp3) is 0.550. The predicted molar refractivity (Wildman–Crippen MR) is 91.3 cm³/mol. The van der Waals surface area contributed by atoms with Gasteiger partial charge in [-0.3, -0.25) is 4.90 Å². The maximum absolute atomic E-state index is 13.1. The summed E-state index contributed by atoms with van der Waals surface area (Å²) in [4.78, 5) is 15.4. The smallest absolute Gasteiger partial charge is 0.347 e. The largest absolute Gasteiger partial charge is 0.458 e. The molecule has 3 heterocycles. The summed E-state index contributed by atoms with van der Waals surface area (Å²) in [5.74, 6) is -0.0582. The first-order valence-corrected chi connectivity index (χ1v) is 9.09. The van der Waals surface area contributed by atoms with Crippen molar-refractivity contribution in [3.8, 4) is 0 Å². The molecule has 3 saturated heterocycles. The van der Waals surface area contributed by atoms with Gasteiger partial charge in [-0.05, 0) is 62.2 Å². The number of carbonyl (C=O) groups is 1. The SMILES string of the molecule is O=C(O[C@H]1CN2CCC1CC2)[C@](O)(C1=CCCC1)c1ccccc1. The number of piperidine rings is 3. The van der Waals surface area contributed by atoms with E-state index in [-0.39, 0.29) is 6.10 Å². The van der Waals surface area contributed by atoms with E-state index in [0.717, 1.165) is 57.3 Å². The fourth-order valence-electron chi connectivity index (χ4n) is 4.38. The van der Waals surface area contributed by atoms with Crippen molar-refractivity contribution in [2.75, 3.05) is 19.6 Å². The first-order chi connectivity index (χ1) is 11.7. The molecule has 0 amide bonds. The molecule has 4 nitrogen and oxygen atoms in total. The molecule has 128 valence electrons. The zero-order valence-corrected chi connectivity index (χ0v) is 14.0. The molecular weight excluding hydrogens is 302 g/mol. The summed E-state index contributed by atoms with van der Waals surface area (Å²) in [6.07, 6.45) is 6.74. The van der Waals surface area contributed by atoms with Gasteiger partial charge in [0.15, 0.2) is 0 Å². The molecule has 2 atom stereocenters. The molecule has 3 aliphatic heterocycles. The number of rotatable bonds is 4. The van der Waals surface area contributed by atoms with E-state index in [9.17, 15) is 9.90 Å². The van der Waals surface area contributed by atoms with Crippen molar-refractivity contribution < 1.29 is 14.6 Å². The lowest BCUT2D eigenvalue weighted by atomic mass is 9.84. The van der Waals surface area contributed by atoms with Gasteiger partial charge in [-0.2, -0.15) is 0 Å². The van der Waals surface area contributed by atoms with Gasteiger partial charge < -0.3 is 9.84 Å². The second-order valence-corrected chi connectivity index (χ2v) is 7.28. The Morgan fingerprint density at radius 1 is 1.21 bits per heavy atom. The Kier molecular flexibility index (Phi) is 4.19. The van der Waals surface area contributed by atoms with Gasteiger partial charge in [0.1, 0.15) is 6.10 Å². The molecule has 0 radical (unpaired) electrons. The van der Waals surface area contributed by atoms with Gasteiger partial charge in [0.2, 0.25) is 5.60 Å². The third-order valence-corrected chi connectivity index (χ3v) is 5.85. The van der Waals surface area contributed by atoms with Gasteiger partial charge in [-0.15, -0.1) is 0 Å². The second kappa shape index (κ2) is 6.34. The van der Waals surface area contributed by atoms with Crippen LogP contribution in [0, 0.1) is 5.92 Å². The number of ether oxygens (including phenoxy) is 1. The van der Waals surface area contributed by atoms with E-state index in [1.54, 1.807) is 0 Å².